The minimum absolute atomic E-state index is 0.0500. The van der Waals surface area contributed by atoms with Gasteiger partial charge in [0.05, 0.1) is 7.11 Å². The van der Waals surface area contributed by atoms with E-state index in [1.54, 1.807) is 24.3 Å². The lowest BCUT2D eigenvalue weighted by atomic mass is 9.88. The lowest BCUT2D eigenvalue weighted by Gasteiger charge is -2.20. The summed E-state index contributed by atoms with van der Waals surface area (Å²) in [6.45, 7) is 0. The van der Waals surface area contributed by atoms with Crippen molar-refractivity contribution in [2.24, 2.45) is 5.92 Å². The molecule has 2 rings (SSSR count). The van der Waals surface area contributed by atoms with Crippen LogP contribution in [0.15, 0.2) is 24.3 Å². The predicted molar refractivity (Wildman–Crippen MR) is 76.1 cm³/mol. The van der Waals surface area contributed by atoms with Crippen molar-refractivity contribution in [1.82, 2.24) is 5.48 Å². The molecule has 108 valence electrons. The van der Waals surface area contributed by atoms with E-state index in [1.165, 1.54) is 13.5 Å². The fourth-order valence-electron chi connectivity index (χ4n) is 2.50. The molecule has 0 aliphatic heterocycles. The number of carbonyl (C=O) groups excluding carboxylic acids is 2. The van der Waals surface area contributed by atoms with Crippen LogP contribution in [-0.2, 0) is 9.63 Å². The number of anilines is 1. The second kappa shape index (κ2) is 7.05. The van der Waals surface area contributed by atoms with Gasteiger partial charge >= 0.3 is 0 Å². The van der Waals surface area contributed by atoms with Crippen molar-refractivity contribution in [2.45, 2.75) is 32.1 Å². The molecular weight excluding hydrogens is 256 g/mol. The van der Waals surface area contributed by atoms with Gasteiger partial charge in [-0.3, -0.25) is 14.4 Å². The van der Waals surface area contributed by atoms with E-state index in [2.05, 4.69) is 15.6 Å². The Hall–Kier alpha value is -1.88. The van der Waals surface area contributed by atoms with Crippen LogP contribution < -0.4 is 10.8 Å². The van der Waals surface area contributed by atoms with Crippen LogP contribution in [0.5, 0.6) is 0 Å². The Morgan fingerprint density at radius 2 is 1.95 bits per heavy atom. The van der Waals surface area contributed by atoms with Crippen molar-refractivity contribution in [3.63, 3.8) is 0 Å². The normalized spacial score (nSPS) is 15.7. The van der Waals surface area contributed by atoms with E-state index in [0.717, 1.165) is 25.7 Å². The molecule has 0 radical (unpaired) electrons. The van der Waals surface area contributed by atoms with Crippen molar-refractivity contribution in [3.05, 3.63) is 29.8 Å². The zero-order valence-electron chi connectivity index (χ0n) is 11.6. The molecule has 0 aromatic heterocycles. The smallest absolute Gasteiger partial charge is 0.274 e. The van der Waals surface area contributed by atoms with E-state index in [1.807, 2.05) is 0 Å². The lowest BCUT2D eigenvalue weighted by molar-refractivity contribution is -0.120. The van der Waals surface area contributed by atoms with Gasteiger partial charge in [-0.25, -0.2) is 5.48 Å². The Morgan fingerprint density at radius 1 is 1.20 bits per heavy atom. The maximum Gasteiger partial charge on any atom is 0.274 e. The van der Waals surface area contributed by atoms with Crippen molar-refractivity contribution in [3.8, 4) is 0 Å². The first-order chi connectivity index (χ1) is 9.70. The fourth-order valence-corrected chi connectivity index (χ4v) is 2.50. The third-order valence-electron chi connectivity index (χ3n) is 3.56. The van der Waals surface area contributed by atoms with Gasteiger partial charge in [0.1, 0.15) is 0 Å². The first-order valence-corrected chi connectivity index (χ1v) is 6.95. The van der Waals surface area contributed by atoms with Crippen LogP contribution in [0, 0.1) is 5.92 Å². The van der Waals surface area contributed by atoms with Crippen LogP contribution >= 0.6 is 0 Å². The van der Waals surface area contributed by atoms with E-state index >= 15 is 0 Å². The van der Waals surface area contributed by atoms with Crippen LogP contribution in [0.3, 0.4) is 0 Å². The maximum atomic E-state index is 12.1. The Labute approximate surface area is 118 Å². The Morgan fingerprint density at radius 3 is 2.65 bits per heavy atom. The molecule has 2 N–H and O–H groups in total. The largest absolute Gasteiger partial charge is 0.326 e. The van der Waals surface area contributed by atoms with Crippen LogP contribution in [0.25, 0.3) is 0 Å². The molecule has 20 heavy (non-hydrogen) atoms. The van der Waals surface area contributed by atoms with E-state index in [4.69, 9.17) is 0 Å². The predicted octanol–water partition coefficient (Wildman–Crippen LogP) is 2.50. The third-order valence-corrected chi connectivity index (χ3v) is 3.56. The second-order valence-electron chi connectivity index (χ2n) is 5.04. The van der Waals surface area contributed by atoms with Crippen LogP contribution in [-0.4, -0.2) is 18.9 Å². The molecule has 0 saturated heterocycles. The third kappa shape index (κ3) is 3.81. The standard InChI is InChI=1S/C15H20N2O3/c1-20-17-15(19)12-8-5-9-13(10-12)16-14(18)11-6-3-2-4-7-11/h5,8-11H,2-4,6-7H2,1H3,(H,16,18)(H,17,19). The van der Waals surface area contributed by atoms with Gasteiger partial charge in [0.15, 0.2) is 0 Å². The number of benzene rings is 1. The van der Waals surface area contributed by atoms with Crippen LogP contribution in [0.4, 0.5) is 5.69 Å². The van der Waals surface area contributed by atoms with Crippen molar-refractivity contribution in [2.75, 3.05) is 12.4 Å². The molecule has 5 heteroatoms. The highest BCUT2D eigenvalue weighted by molar-refractivity contribution is 5.97. The maximum absolute atomic E-state index is 12.1. The van der Waals surface area contributed by atoms with Crippen molar-refractivity contribution >= 4 is 17.5 Å². The van der Waals surface area contributed by atoms with Gasteiger partial charge in [-0.1, -0.05) is 25.3 Å². The van der Waals surface area contributed by atoms with E-state index in [0.29, 0.717) is 11.3 Å². The summed E-state index contributed by atoms with van der Waals surface area (Å²) < 4.78 is 0. The number of hydrogen-bond donors (Lipinski definition) is 2. The number of rotatable bonds is 4. The second-order valence-corrected chi connectivity index (χ2v) is 5.04. The molecule has 0 spiro atoms. The quantitative estimate of drug-likeness (QED) is 0.830. The summed E-state index contributed by atoms with van der Waals surface area (Å²) in [6.07, 6.45) is 5.37. The first kappa shape index (κ1) is 14.5. The van der Waals surface area contributed by atoms with Gasteiger partial charge in [0.25, 0.3) is 5.91 Å². The average molecular weight is 276 g/mol. The summed E-state index contributed by atoms with van der Waals surface area (Å²) >= 11 is 0. The fraction of sp³-hybridized carbons (Fsp3) is 0.467. The molecule has 5 nitrogen and oxygen atoms in total. The van der Waals surface area contributed by atoms with Crippen molar-refractivity contribution < 1.29 is 14.4 Å². The number of hydroxylamine groups is 1. The summed E-state index contributed by atoms with van der Waals surface area (Å²) in [6, 6.07) is 6.84. The highest BCUT2D eigenvalue weighted by atomic mass is 16.6. The number of hydrogen-bond acceptors (Lipinski definition) is 3. The van der Waals surface area contributed by atoms with E-state index in [9.17, 15) is 9.59 Å². The molecule has 2 amide bonds. The molecule has 1 saturated carbocycles. The number of nitrogens with one attached hydrogen (secondary N) is 2. The van der Waals surface area contributed by atoms with E-state index < -0.39 is 0 Å². The molecule has 0 heterocycles. The summed E-state index contributed by atoms with van der Waals surface area (Å²) in [4.78, 5) is 28.4. The molecule has 1 aliphatic rings. The van der Waals surface area contributed by atoms with Gasteiger partial charge in [-0.15, -0.1) is 0 Å². The highest BCUT2D eigenvalue weighted by Gasteiger charge is 2.21. The molecule has 1 aromatic carbocycles. The highest BCUT2D eigenvalue weighted by Crippen LogP contribution is 2.25. The SMILES string of the molecule is CONC(=O)c1cccc(NC(=O)C2CCCCC2)c1. The summed E-state index contributed by atoms with van der Waals surface area (Å²) in [5.74, 6) is -0.185. The molecular formula is C15H20N2O3. The number of amides is 2. The summed E-state index contributed by atoms with van der Waals surface area (Å²) in [5.41, 5.74) is 3.35. The summed E-state index contributed by atoms with van der Waals surface area (Å²) in [7, 11) is 1.38. The molecule has 1 aliphatic carbocycles. The molecule has 1 fully saturated rings. The average Bonchev–Trinajstić information content (AvgIpc) is 2.48. The first-order valence-electron chi connectivity index (χ1n) is 6.95. The molecule has 0 atom stereocenters. The Balaban J connectivity index is 2.00. The Bertz CT molecular complexity index is 482. The monoisotopic (exact) mass is 276 g/mol. The minimum atomic E-state index is -0.332. The number of carbonyl (C=O) groups is 2. The van der Waals surface area contributed by atoms with Gasteiger partial charge in [-0.2, -0.15) is 0 Å². The Kier molecular flexibility index (Phi) is 5.12. The summed E-state index contributed by atoms with van der Waals surface area (Å²) in [5, 5.41) is 2.89. The topological polar surface area (TPSA) is 67.4 Å². The van der Waals surface area contributed by atoms with Crippen molar-refractivity contribution in [1.29, 1.82) is 0 Å². The minimum Gasteiger partial charge on any atom is -0.326 e. The molecule has 1 aromatic rings. The van der Waals surface area contributed by atoms with Gasteiger partial charge in [0.2, 0.25) is 5.91 Å². The zero-order chi connectivity index (χ0) is 14.4. The van der Waals surface area contributed by atoms with Crippen LogP contribution in [0.1, 0.15) is 42.5 Å². The van der Waals surface area contributed by atoms with E-state index in [-0.39, 0.29) is 17.7 Å². The lowest BCUT2D eigenvalue weighted by Crippen LogP contribution is -2.25. The van der Waals surface area contributed by atoms with Gasteiger partial charge < -0.3 is 5.32 Å². The van der Waals surface area contributed by atoms with Gasteiger partial charge in [0, 0.05) is 17.2 Å². The zero-order valence-corrected chi connectivity index (χ0v) is 11.6. The van der Waals surface area contributed by atoms with Gasteiger partial charge in [-0.05, 0) is 31.0 Å². The molecule has 0 bridgehead atoms. The molecule has 0 unspecified atom stereocenters. The van der Waals surface area contributed by atoms with Crippen LogP contribution in [0.2, 0.25) is 0 Å².